The molecule has 2 aromatic rings. The van der Waals surface area contributed by atoms with Crippen LogP contribution in [0.1, 0.15) is 69.6 Å². The number of H-pyrrole nitrogens is 1. The van der Waals surface area contributed by atoms with Gasteiger partial charge in [-0.25, -0.2) is 14.8 Å². The second-order valence-corrected chi connectivity index (χ2v) is 9.58. The third kappa shape index (κ3) is 5.34. The van der Waals surface area contributed by atoms with Gasteiger partial charge in [-0.05, 0) is 32.6 Å². The number of anilines is 1. The number of aromatic nitrogens is 3. The Morgan fingerprint density at radius 1 is 1.21 bits per heavy atom. The second kappa shape index (κ2) is 10.3. The van der Waals surface area contributed by atoms with Crippen LogP contribution in [0.5, 0.6) is 0 Å². The number of thiazole rings is 1. The Morgan fingerprint density at radius 2 is 1.97 bits per heavy atom. The Balaban J connectivity index is 1.47. The number of rotatable bonds is 9. The van der Waals surface area contributed by atoms with E-state index >= 15 is 0 Å². The van der Waals surface area contributed by atoms with Gasteiger partial charge in [0.1, 0.15) is 4.88 Å². The van der Waals surface area contributed by atoms with Gasteiger partial charge >= 0.3 is 5.97 Å². The Hall–Kier alpha value is -2.70. The summed E-state index contributed by atoms with van der Waals surface area (Å²) in [6.07, 6.45) is 2.59. The molecule has 2 amide bonds. The zero-order chi connectivity index (χ0) is 24.4. The first-order valence-electron chi connectivity index (χ1n) is 11.3. The molecule has 0 radical (unpaired) electrons. The molecule has 1 saturated carbocycles. The summed E-state index contributed by atoms with van der Waals surface area (Å²) in [7, 11) is 0. The molecule has 1 aliphatic heterocycles. The monoisotopic (exact) mass is 510 g/mol. The minimum atomic E-state index is -1.18. The van der Waals surface area contributed by atoms with E-state index in [0.717, 1.165) is 24.2 Å². The van der Waals surface area contributed by atoms with E-state index in [2.05, 4.69) is 25.6 Å². The number of nitrogens with one attached hydrogen (secondary N) is 3. The molecule has 4 rings (SSSR count). The molecule has 0 bridgehead atoms. The van der Waals surface area contributed by atoms with Crippen LogP contribution in [0.2, 0.25) is 5.15 Å². The maximum absolute atomic E-state index is 12.7. The van der Waals surface area contributed by atoms with E-state index in [1.807, 2.05) is 18.7 Å². The van der Waals surface area contributed by atoms with Crippen LogP contribution in [0, 0.1) is 0 Å². The fourth-order valence-corrected chi connectivity index (χ4v) is 5.03. The van der Waals surface area contributed by atoms with Gasteiger partial charge in [0.05, 0.1) is 17.8 Å². The SMILES string of the molecule is CCO[C@H]1CN(c2nc(C(=O)NC3CC3)c(C(=O)O)s2)CC[C@H]1NC(=O)c1nc(Cl)c(CC)[nH]1. The largest absolute Gasteiger partial charge is 0.477 e. The van der Waals surface area contributed by atoms with Crippen LogP contribution in [0.15, 0.2) is 0 Å². The number of halogens is 1. The first kappa shape index (κ1) is 24.4. The molecule has 0 unspecified atom stereocenters. The van der Waals surface area contributed by atoms with Crippen molar-refractivity contribution in [1.29, 1.82) is 0 Å². The minimum Gasteiger partial charge on any atom is -0.477 e. The lowest BCUT2D eigenvalue weighted by Crippen LogP contribution is -2.55. The zero-order valence-corrected chi connectivity index (χ0v) is 20.5. The Bertz CT molecular complexity index is 1080. The maximum atomic E-state index is 12.7. The quantitative estimate of drug-likeness (QED) is 0.400. The number of aromatic amines is 1. The number of nitrogens with zero attached hydrogens (tertiary/aromatic N) is 3. The van der Waals surface area contributed by atoms with Gasteiger partial charge < -0.3 is 30.4 Å². The Kier molecular flexibility index (Phi) is 7.39. The van der Waals surface area contributed by atoms with E-state index < -0.39 is 11.9 Å². The van der Waals surface area contributed by atoms with Crippen LogP contribution >= 0.6 is 22.9 Å². The average Bonchev–Trinajstić information content (AvgIpc) is 3.36. The smallest absolute Gasteiger partial charge is 0.348 e. The third-order valence-corrected chi connectivity index (χ3v) is 7.18. The zero-order valence-electron chi connectivity index (χ0n) is 18.9. The van der Waals surface area contributed by atoms with Gasteiger partial charge in [-0.2, -0.15) is 0 Å². The molecule has 13 heteroatoms. The fourth-order valence-electron chi connectivity index (χ4n) is 3.83. The summed E-state index contributed by atoms with van der Waals surface area (Å²) >= 11 is 7.03. The van der Waals surface area contributed by atoms with Crippen LogP contribution in [0.4, 0.5) is 5.13 Å². The lowest BCUT2D eigenvalue weighted by molar-refractivity contribution is 0.0271. The molecule has 2 aliphatic rings. The normalized spacial score (nSPS) is 20.3. The highest BCUT2D eigenvalue weighted by molar-refractivity contribution is 7.17. The van der Waals surface area contributed by atoms with Gasteiger partial charge in [-0.1, -0.05) is 29.9 Å². The number of imidazole rings is 1. The maximum Gasteiger partial charge on any atom is 0.348 e. The summed E-state index contributed by atoms with van der Waals surface area (Å²) < 4.78 is 5.90. The summed E-state index contributed by atoms with van der Waals surface area (Å²) in [5, 5.41) is 16.1. The topological polar surface area (TPSA) is 150 Å². The van der Waals surface area contributed by atoms with Crippen molar-refractivity contribution in [2.45, 2.75) is 57.7 Å². The molecule has 11 nitrogen and oxygen atoms in total. The molecule has 0 spiro atoms. The number of carboxylic acids is 1. The summed E-state index contributed by atoms with van der Waals surface area (Å²) in [6.45, 7) is 5.10. The van der Waals surface area contributed by atoms with Crippen molar-refractivity contribution in [2.75, 3.05) is 24.6 Å². The van der Waals surface area contributed by atoms with Crippen molar-refractivity contribution < 1.29 is 24.2 Å². The number of carbonyl (C=O) groups excluding carboxylic acids is 2. The summed E-state index contributed by atoms with van der Waals surface area (Å²) in [5.41, 5.74) is 0.631. The molecule has 1 saturated heterocycles. The van der Waals surface area contributed by atoms with Gasteiger partial charge in [0.25, 0.3) is 11.8 Å². The van der Waals surface area contributed by atoms with Gasteiger partial charge in [-0.15, -0.1) is 0 Å². The number of carboxylic acid groups (broad SMARTS) is 1. The Labute approximate surface area is 205 Å². The van der Waals surface area contributed by atoms with Crippen LogP contribution in [0.3, 0.4) is 0 Å². The third-order valence-electron chi connectivity index (χ3n) is 5.76. The molecule has 2 atom stereocenters. The van der Waals surface area contributed by atoms with Crippen LogP contribution in [0.25, 0.3) is 0 Å². The van der Waals surface area contributed by atoms with Gasteiger partial charge in [-0.3, -0.25) is 9.59 Å². The molecule has 4 N–H and O–H groups in total. The van der Waals surface area contributed by atoms with Crippen molar-refractivity contribution >= 4 is 45.9 Å². The van der Waals surface area contributed by atoms with E-state index in [4.69, 9.17) is 16.3 Å². The molecule has 184 valence electrons. The fraction of sp³-hybridized carbons (Fsp3) is 0.571. The van der Waals surface area contributed by atoms with E-state index in [0.29, 0.717) is 43.4 Å². The van der Waals surface area contributed by atoms with E-state index in [-0.39, 0.29) is 45.6 Å². The first-order chi connectivity index (χ1) is 16.3. The standard InChI is InChI=1S/C21H27ClN6O5S/c1-3-11-16(22)27-17(24-11)19(30)25-12-7-8-28(9-13(12)33-4-2)21-26-14(15(34-21)20(31)32)18(29)23-10-5-6-10/h10,12-13H,3-9H2,1-2H3,(H,23,29)(H,24,27)(H,25,30)(H,31,32)/t12-,13+/m1/s1. The highest BCUT2D eigenvalue weighted by Crippen LogP contribution is 2.30. The number of aryl methyl sites for hydroxylation is 1. The molecular formula is C21H27ClN6O5S. The molecule has 2 fully saturated rings. The number of carbonyl (C=O) groups is 3. The molecule has 3 heterocycles. The van der Waals surface area contributed by atoms with Crippen molar-refractivity contribution in [1.82, 2.24) is 25.6 Å². The van der Waals surface area contributed by atoms with Crippen molar-refractivity contribution in [3.63, 3.8) is 0 Å². The van der Waals surface area contributed by atoms with Crippen molar-refractivity contribution in [2.24, 2.45) is 0 Å². The van der Waals surface area contributed by atoms with Crippen molar-refractivity contribution in [3.8, 4) is 0 Å². The number of hydrogen-bond donors (Lipinski definition) is 4. The van der Waals surface area contributed by atoms with Crippen LogP contribution in [-0.4, -0.2) is 75.7 Å². The second-order valence-electron chi connectivity index (χ2n) is 8.24. The number of ether oxygens (including phenoxy) is 1. The average molecular weight is 511 g/mol. The molecule has 2 aromatic heterocycles. The van der Waals surface area contributed by atoms with Gasteiger partial charge in [0.15, 0.2) is 21.8 Å². The number of aromatic carboxylic acids is 1. The molecular weight excluding hydrogens is 484 g/mol. The van der Waals surface area contributed by atoms with Crippen LogP contribution < -0.4 is 15.5 Å². The highest BCUT2D eigenvalue weighted by Gasteiger charge is 2.35. The van der Waals surface area contributed by atoms with Gasteiger partial charge in [0, 0.05) is 25.7 Å². The van der Waals surface area contributed by atoms with Gasteiger partial charge in [0.2, 0.25) is 0 Å². The predicted octanol–water partition coefficient (Wildman–Crippen LogP) is 2.09. The van der Waals surface area contributed by atoms with E-state index in [9.17, 15) is 19.5 Å². The Morgan fingerprint density at radius 3 is 2.59 bits per heavy atom. The minimum absolute atomic E-state index is 0.0655. The highest BCUT2D eigenvalue weighted by atomic mass is 35.5. The summed E-state index contributed by atoms with van der Waals surface area (Å²) in [6, 6.07) is -0.187. The van der Waals surface area contributed by atoms with Crippen LogP contribution in [-0.2, 0) is 11.2 Å². The summed E-state index contributed by atoms with van der Waals surface area (Å²) in [5.74, 6) is -1.87. The molecule has 34 heavy (non-hydrogen) atoms. The number of hydrogen-bond acceptors (Lipinski definition) is 8. The summed E-state index contributed by atoms with van der Waals surface area (Å²) in [4.78, 5) is 50.2. The van der Waals surface area contributed by atoms with E-state index in [1.54, 1.807) is 0 Å². The lowest BCUT2D eigenvalue weighted by atomic mass is 10.0. The lowest BCUT2D eigenvalue weighted by Gasteiger charge is -2.38. The van der Waals surface area contributed by atoms with Crippen molar-refractivity contribution in [3.05, 3.63) is 27.2 Å². The molecule has 1 aliphatic carbocycles. The molecule has 0 aromatic carbocycles. The number of piperidine rings is 1. The van der Waals surface area contributed by atoms with E-state index in [1.165, 1.54) is 0 Å². The first-order valence-corrected chi connectivity index (χ1v) is 12.5. The number of amides is 2. The predicted molar refractivity (Wildman–Crippen MR) is 126 cm³/mol.